The van der Waals surface area contributed by atoms with Gasteiger partial charge in [0.15, 0.2) is 0 Å². The molecule has 13 nitrogen and oxygen atoms in total. The summed E-state index contributed by atoms with van der Waals surface area (Å²) in [6, 6.07) is 0. The monoisotopic (exact) mass is 762 g/mol. The van der Waals surface area contributed by atoms with Crippen molar-refractivity contribution in [3.05, 3.63) is 48.6 Å². The number of esters is 1. The minimum Gasteiger partial charge on any atom is -0.862 e. The number of carbonyl (C=O) groups excluding carboxylic acids is 2. The molecule has 15 heteroatoms. The second-order valence-electron chi connectivity index (χ2n) is 13.8. The van der Waals surface area contributed by atoms with Crippen LogP contribution in [0.1, 0.15) is 116 Å². The Morgan fingerprint density at radius 1 is 1.12 bits per heavy atom. The molecule has 0 radical (unpaired) electrons. The molecule has 1 heterocycles. The molecule has 0 unspecified atom stereocenters. The van der Waals surface area contributed by atoms with Gasteiger partial charge in [-0.15, -0.1) is 0 Å². The first-order valence-corrected chi connectivity index (χ1v) is 20.0. The molecule has 0 bridgehead atoms. The molecule has 1 aliphatic carbocycles. The average molecular weight is 763 g/mol. The van der Waals surface area contributed by atoms with Crippen LogP contribution in [0.3, 0.4) is 0 Å². The number of hydrogen-bond donors (Lipinski definition) is 7. The molecule has 7 atom stereocenters. The zero-order valence-corrected chi connectivity index (χ0v) is 33.8. The zero-order chi connectivity index (χ0) is 37.7. The van der Waals surface area contributed by atoms with Crippen LogP contribution in [0.15, 0.2) is 48.6 Å². The molecule has 1 amide bonds. The first-order chi connectivity index (χ1) is 24.2. The quantitative estimate of drug-likeness (QED) is 0.0103. The number of ether oxygens (including phenoxy) is 1. The van der Waals surface area contributed by atoms with E-state index in [2.05, 4.69) is 5.32 Å². The fourth-order valence-electron chi connectivity index (χ4n) is 6.45. The Hall–Kier alpha value is -1.64. The van der Waals surface area contributed by atoms with Gasteiger partial charge >= 0.3 is 43.3 Å². The Kier molecular flexibility index (Phi) is 24.4. The molecule has 290 valence electrons. The van der Waals surface area contributed by atoms with Crippen molar-refractivity contribution in [3.8, 4) is 0 Å². The molecule has 0 aromatic carbocycles. The number of nitrogens with one attached hydrogen (secondary N) is 2. The van der Waals surface area contributed by atoms with Gasteiger partial charge in [-0.3, -0.25) is 9.32 Å². The molecule has 0 aromatic heterocycles. The SMILES string of the molecule is CC[C@H]1C=CC(=O)O[C@H]1/C=C/[C@](O)(CCNC(=O)CCCCCCCCCCC(=N)[O-])[C@@H](C[C@@H](O)/C=C\C=C/[C@@H]1CCC[C@H](O)C1)OP(=O)(O)O.[Na+]. The van der Waals surface area contributed by atoms with Crippen LogP contribution in [0, 0.1) is 17.2 Å². The zero-order valence-electron chi connectivity index (χ0n) is 30.9. The normalized spacial score (nSPS) is 23.3. The predicted octanol–water partition coefficient (Wildman–Crippen LogP) is 1.42. The maximum atomic E-state index is 12.6. The number of allylic oxidation sites excluding steroid dienone is 3. The summed E-state index contributed by atoms with van der Waals surface area (Å²) in [6.07, 6.45) is 19.5. The number of hydrogen-bond acceptors (Lipinski definition) is 10. The topological polar surface area (TPSA) is 230 Å². The van der Waals surface area contributed by atoms with Crippen LogP contribution in [0.5, 0.6) is 0 Å². The number of aliphatic hydroxyl groups excluding tert-OH is 2. The predicted molar refractivity (Wildman–Crippen MR) is 192 cm³/mol. The van der Waals surface area contributed by atoms with Gasteiger partial charge in [-0.05, 0) is 69.3 Å². The first kappa shape index (κ1) is 48.4. The van der Waals surface area contributed by atoms with Crippen molar-refractivity contribution >= 4 is 25.6 Å². The molecule has 1 aliphatic heterocycles. The summed E-state index contributed by atoms with van der Waals surface area (Å²) in [5.41, 5.74) is -2.10. The summed E-state index contributed by atoms with van der Waals surface area (Å²) in [6.45, 7) is 1.84. The molecule has 0 aromatic rings. The number of unbranched alkanes of at least 4 members (excludes halogenated alkanes) is 7. The van der Waals surface area contributed by atoms with E-state index in [4.69, 9.17) is 14.7 Å². The van der Waals surface area contributed by atoms with Crippen LogP contribution in [0.25, 0.3) is 0 Å². The van der Waals surface area contributed by atoms with Gasteiger partial charge < -0.3 is 45.7 Å². The third kappa shape index (κ3) is 21.3. The van der Waals surface area contributed by atoms with E-state index in [1.54, 1.807) is 18.2 Å². The Labute approximate surface area is 331 Å². The second kappa shape index (κ2) is 26.2. The van der Waals surface area contributed by atoms with Crippen LogP contribution < -0.4 is 40.0 Å². The van der Waals surface area contributed by atoms with Gasteiger partial charge in [0, 0.05) is 31.4 Å². The van der Waals surface area contributed by atoms with Gasteiger partial charge in [-0.1, -0.05) is 88.3 Å². The number of phosphoric ester groups is 1. The van der Waals surface area contributed by atoms with Crippen molar-refractivity contribution < 1.29 is 83.2 Å². The number of rotatable bonds is 25. The Morgan fingerprint density at radius 2 is 1.77 bits per heavy atom. The van der Waals surface area contributed by atoms with E-state index < -0.39 is 50.0 Å². The summed E-state index contributed by atoms with van der Waals surface area (Å²) in [7, 11) is -5.17. The van der Waals surface area contributed by atoms with Crippen molar-refractivity contribution in [2.45, 2.75) is 146 Å². The van der Waals surface area contributed by atoms with Crippen molar-refractivity contribution in [2.24, 2.45) is 11.8 Å². The Balaban J connectivity index is 0.0000135. The van der Waals surface area contributed by atoms with Gasteiger partial charge in [0.1, 0.15) is 17.8 Å². The van der Waals surface area contributed by atoms with Crippen LogP contribution in [-0.2, 0) is 23.4 Å². The number of amides is 1. The summed E-state index contributed by atoms with van der Waals surface area (Å²) >= 11 is 0. The molecule has 2 rings (SSSR count). The van der Waals surface area contributed by atoms with E-state index in [-0.39, 0.29) is 72.8 Å². The molecule has 0 spiro atoms. The first-order valence-electron chi connectivity index (χ1n) is 18.5. The second-order valence-corrected chi connectivity index (χ2v) is 15.0. The van der Waals surface area contributed by atoms with Crippen LogP contribution >= 0.6 is 7.82 Å². The minimum absolute atomic E-state index is 0. The van der Waals surface area contributed by atoms with Gasteiger partial charge in [-0.25, -0.2) is 9.36 Å². The minimum atomic E-state index is -5.17. The molecule has 7 N–H and O–H groups in total. The fraction of sp³-hybridized carbons (Fsp3) is 0.703. The van der Waals surface area contributed by atoms with Crippen molar-refractivity contribution in [1.82, 2.24) is 5.32 Å². The molecule has 2 aliphatic rings. The summed E-state index contributed by atoms with van der Waals surface area (Å²) in [5, 5.41) is 53.1. The molecular weight excluding hydrogens is 702 g/mol. The van der Waals surface area contributed by atoms with Gasteiger partial charge in [0.25, 0.3) is 0 Å². The number of cyclic esters (lactones) is 1. The maximum Gasteiger partial charge on any atom is 1.00 e. The molecule has 52 heavy (non-hydrogen) atoms. The van der Waals surface area contributed by atoms with Crippen LogP contribution in [0.2, 0.25) is 0 Å². The Bertz CT molecular complexity index is 1240. The fourth-order valence-corrected chi connectivity index (χ4v) is 7.05. The maximum absolute atomic E-state index is 12.6. The Morgan fingerprint density at radius 3 is 2.38 bits per heavy atom. The smallest absolute Gasteiger partial charge is 0.862 e. The largest absolute Gasteiger partial charge is 1.00 e. The van der Waals surface area contributed by atoms with Crippen LogP contribution in [0.4, 0.5) is 0 Å². The summed E-state index contributed by atoms with van der Waals surface area (Å²) in [5.74, 6) is -1.33. The van der Waals surface area contributed by atoms with Crippen LogP contribution in [-0.4, -0.2) is 79.4 Å². The van der Waals surface area contributed by atoms with Crippen molar-refractivity contribution in [3.63, 3.8) is 0 Å². The third-order valence-corrected chi connectivity index (χ3v) is 9.93. The van der Waals surface area contributed by atoms with Gasteiger partial charge in [0.2, 0.25) is 5.91 Å². The van der Waals surface area contributed by atoms with E-state index in [0.29, 0.717) is 25.7 Å². The van der Waals surface area contributed by atoms with E-state index in [9.17, 15) is 44.4 Å². The van der Waals surface area contributed by atoms with E-state index in [1.165, 1.54) is 24.3 Å². The molecule has 1 saturated carbocycles. The van der Waals surface area contributed by atoms with Gasteiger partial charge in [0.05, 0.1) is 12.2 Å². The standard InChI is InChI=1S/C37H61N2O11P.Na/c1-2-29-20-21-36(44)49-32(29)22-23-37(45,24-25-39-35(43)19-10-8-6-4-3-5-7-9-18-34(38)42)33(50-51(46,47)48)27-31(41)16-12-11-14-28-15-13-17-30(40)26-28;/h11-12,14,16,20-23,28-33,40-41,45H,2-10,13,15,17-19,24-27H2,1H3,(H2,38,42)(H,39,43)(H2,46,47,48);/q;+1/p-1/b14-11-,16-12-,23-22+;/t28-,29+,30+,31+,32+,33-,37+;/m1./s1. The van der Waals surface area contributed by atoms with Crippen molar-refractivity contribution in [1.29, 1.82) is 5.41 Å². The van der Waals surface area contributed by atoms with E-state index in [0.717, 1.165) is 64.2 Å². The number of aliphatic hydroxyl groups is 3. The third-order valence-electron chi connectivity index (χ3n) is 9.40. The molecular formula is C37H60N2NaO11P. The average Bonchev–Trinajstić information content (AvgIpc) is 3.05. The number of phosphoric acid groups is 1. The summed E-state index contributed by atoms with van der Waals surface area (Å²) in [4.78, 5) is 44.2. The van der Waals surface area contributed by atoms with Gasteiger partial charge in [-0.2, -0.15) is 0 Å². The molecule has 1 fully saturated rings. The van der Waals surface area contributed by atoms with E-state index in [1.807, 2.05) is 13.0 Å². The number of carbonyl (C=O) groups is 2. The molecule has 0 saturated heterocycles. The summed E-state index contributed by atoms with van der Waals surface area (Å²) < 4.78 is 22.6. The van der Waals surface area contributed by atoms with Crippen molar-refractivity contribution in [2.75, 3.05) is 6.54 Å². The van der Waals surface area contributed by atoms with E-state index >= 15 is 0 Å².